The summed E-state index contributed by atoms with van der Waals surface area (Å²) in [4.78, 5) is 1.21. The third kappa shape index (κ3) is 2.81. The van der Waals surface area contributed by atoms with Gasteiger partial charge in [-0.05, 0) is 47.2 Å². The number of hydrogen-bond donors (Lipinski definition) is 1. The first-order chi connectivity index (χ1) is 9.72. The molecule has 2 heterocycles. The quantitative estimate of drug-likeness (QED) is 0.803. The number of aromatic nitrogens is 4. The predicted octanol–water partition coefficient (Wildman–Crippen LogP) is 3.30. The Morgan fingerprint density at radius 2 is 2.25 bits per heavy atom. The second-order valence-electron chi connectivity index (χ2n) is 4.34. The minimum atomic E-state index is 0.765. The van der Waals surface area contributed by atoms with Gasteiger partial charge in [-0.3, -0.25) is 0 Å². The minimum Gasteiger partial charge on any atom is -0.380 e. The Labute approximate surface area is 125 Å². The molecule has 0 spiro atoms. The fourth-order valence-electron chi connectivity index (χ4n) is 1.93. The summed E-state index contributed by atoms with van der Waals surface area (Å²) in [6, 6.07) is 8.06. The smallest absolute Gasteiger partial charge is 0.143 e. The summed E-state index contributed by atoms with van der Waals surface area (Å²) in [5.41, 5.74) is 3.13. The molecular formula is C13H12ClN5S. The Morgan fingerprint density at radius 3 is 2.90 bits per heavy atom. The molecule has 0 aliphatic rings. The average molecular weight is 306 g/mol. The molecule has 2 aromatic heterocycles. The minimum absolute atomic E-state index is 0.765. The maximum Gasteiger partial charge on any atom is 0.143 e. The van der Waals surface area contributed by atoms with E-state index in [2.05, 4.69) is 26.9 Å². The monoisotopic (exact) mass is 305 g/mol. The molecule has 0 atom stereocenters. The van der Waals surface area contributed by atoms with Crippen molar-refractivity contribution in [1.82, 2.24) is 20.2 Å². The van der Waals surface area contributed by atoms with Crippen LogP contribution >= 0.6 is 22.9 Å². The van der Waals surface area contributed by atoms with Gasteiger partial charge in [0.05, 0.1) is 10.7 Å². The Morgan fingerprint density at radius 1 is 1.35 bits per heavy atom. The topological polar surface area (TPSA) is 55.6 Å². The summed E-state index contributed by atoms with van der Waals surface area (Å²) < 4.78 is 1.65. The highest BCUT2D eigenvalue weighted by Crippen LogP contribution is 2.22. The zero-order chi connectivity index (χ0) is 13.9. The summed E-state index contributed by atoms with van der Waals surface area (Å²) >= 11 is 7.56. The van der Waals surface area contributed by atoms with Crippen LogP contribution in [0.1, 0.15) is 10.4 Å². The Kier molecular flexibility index (Phi) is 3.66. The first-order valence-corrected chi connectivity index (χ1v) is 7.29. The largest absolute Gasteiger partial charge is 0.380 e. The Balaban J connectivity index is 1.74. The zero-order valence-electron chi connectivity index (χ0n) is 10.7. The van der Waals surface area contributed by atoms with Crippen molar-refractivity contribution in [3.05, 3.63) is 51.4 Å². The molecule has 5 nitrogen and oxygen atoms in total. The highest BCUT2D eigenvalue weighted by atomic mass is 35.5. The molecule has 0 aliphatic heterocycles. The van der Waals surface area contributed by atoms with E-state index in [-0.39, 0.29) is 0 Å². The summed E-state index contributed by atoms with van der Waals surface area (Å²) in [5.74, 6) is 0. The van der Waals surface area contributed by atoms with E-state index in [1.807, 2.05) is 30.5 Å². The summed E-state index contributed by atoms with van der Waals surface area (Å²) in [5, 5.41) is 17.3. The van der Waals surface area contributed by atoms with Gasteiger partial charge in [-0.1, -0.05) is 11.6 Å². The van der Waals surface area contributed by atoms with E-state index in [4.69, 9.17) is 11.6 Å². The molecule has 0 radical (unpaired) electrons. The van der Waals surface area contributed by atoms with Crippen LogP contribution in [0.2, 0.25) is 5.02 Å². The van der Waals surface area contributed by atoms with Crippen LogP contribution in [0, 0.1) is 6.92 Å². The standard InChI is InChI=1S/C13H12ClN5S/c1-9-4-11(15-6-12-5-10(14)7-20-12)2-3-13(9)19-8-16-17-18-19/h2-5,7-8,15H,6H2,1H3. The van der Waals surface area contributed by atoms with Crippen LogP contribution in [0.25, 0.3) is 5.69 Å². The lowest BCUT2D eigenvalue weighted by atomic mass is 10.2. The van der Waals surface area contributed by atoms with Crippen molar-refractivity contribution in [3.8, 4) is 5.69 Å². The zero-order valence-corrected chi connectivity index (χ0v) is 12.3. The highest BCUT2D eigenvalue weighted by Gasteiger charge is 2.04. The van der Waals surface area contributed by atoms with E-state index in [0.29, 0.717) is 0 Å². The fourth-order valence-corrected chi connectivity index (χ4v) is 2.94. The van der Waals surface area contributed by atoms with Crippen molar-refractivity contribution in [2.24, 2.45) is 0 Å². The van der Waals surface area contributed by atoms with Gasteiger partial charge >= 0.3 is 0 Å². The number of nitrogens with one attached hydrogen (secondary N) is 1. The van der Waals surface area contributed by atoms with Gasteiger partial charge in [-0.25, -0.2) is 4.68 Å². The average Bonchev–Trinajstić information content (AvgIpc) is 3.08. The Bertz CT molecular complexity index is 707. The molecule has 0 amide bonds. The van der Waals surface area contributed by atoms with Crippen LogP contribution in [-0.4, -0.2) is 20.2 Å². The van der Waals surface area contributed by atoms with Crippen LogP contribution in [0.15, 0.2) is 36.0 Å². The number of rotatable bonds is 4. The number of nitrogens with zero attached hydrogens (tertiary/aromatic N) is 4. The second kappa shape index (κ2) is 5.60. The number of tetrazole rings is 1. The van der Waals surface area contributed by atoms with Gasteiger partial charge in [0.15, 0.2) is 0 Å². The van der Waals surface area contributed by atoms with E-state index in [1.165, 1.54) is 4.88 Å². The lowest BCUT2D eigenvalue weighted by Crippen LogP contribution is -2.01. The molecule has 0 unspecified atom stereocenters. The van der Waals surface area contributed by atoms with Crippen LogP contribution in [0.4, 0.5) is 5.69 Å². The van der Waals surface area contributed by atoms with E-state index < -0.39 is 0 Å². The van der Waals surface area contributed by atoms with Crippen molar-refractivity contribution in [2.75, 3.05) is 5.32 Å². The number of aryl methyl sites for hydroxylation is 1. The normalized spacial score (nSPS) is 10.7. The summed E-state index contributed by atoms with van der Waals surface area (Å²) in [7, 11) is 0. The van der Waals surface area contributed by atoms with Gasteiger partial charge < -0.3 is 5.32 Å². The molecule has 0 saturated heterocycles. The van der Waals surface area contributed by atoms with E-state index in [9.17, 15) is 0 Å². The first-order valence-electron chi connectivity index (χ1n) is 6.03. The molecule has 0 fully saturated rings. The van der Waals surface area contributed by atoms with Crippen molar-refractivity contribution in [1.29, 1.82) is 0 Å². The molecular weight excluding hydrogens is 294 g/mol. The third-order valence-corrected chi connectivity index (χ3v) is 4.17. The SMILES string of the molecule is Cc1cc(NCc2cc(Cl)cs2)ccc1-n1cnnn1. The number of benzene rings is 1. The lowest BCUT2D eigenvalue weighted by Gasteiger charge is -2.09. The second-order valence-corrected chi connectivity index (χ2v) is 5.77. The molecule has 3 aromatic rings. The summed E-state index contributed by atoms with van der Waals surface area (Å²) in [6.45, 7) is 2.80. The van der Waals surface area contributed by atoms with Gasteiger partial charge in [0.2, 0.25) is 0 Å². The number of halogens is 1. The van der Waals surface area contributed by atoms with E-state index in [1.54, 1.807) is 22.3 Å². The van der Waals surface area contributed by atoms with Gasteiger partial charge in [-0.2, -0.15) is 0 Å². The van der Waals surface area contributed by atoms with Crippen LogP contribution in [0.5, 0.6) is 0 Å². The highest BCUT2D eigenvalue weighted by molar-refractivity contribution is 7.10. The molecule has 1 N–H and O–H groups in total. The number of thiophene rings is 1. The maximum atomic E-state index is 5.91. The van der Waals surface area contributed by atoms with Crippen molar-refractivity contribution in [2.45, 2.75) is 13.5 Å². The van der Waals surface area contributed by atoms with Crippen LogP contribution in [-0.2, 0) is 6.54 Å². The van der Waals surface area contributed by atoms with E-state index in [0.717, 1.165) is 28.5 Å². The molecule has 1 aromatic carbocycles. The predicted molar refractivity (Wildman–Crippen MR) is 80.5 cm³/mol. The van der Waals surface area contributed by atoms with Gasteiger partial charge in [0, 0.05) is 22.5 Å². The third-order valence-electron chi connectivity index (χ3n) is 2.88. The Hall–Kier alpha value is -1.92. The van der Waals surface area contributed by atoms with Gasteiger partial charge in [0.25, 0.3) is 0 Å². The molecule has 7 heteroatoms. The van der Waals surface area contributed by atoms with E-state index >= 15 is 0 Å². The lowest BCUT2D eigenvalue weighted by molar-refractivity contribution is 0.785. The molecule has 20 heavy (non-hydrogen) atoms. The maximum absolute atomic E-state index is 5.91. The van der Waals surface area contributed by atoms with Gasteiger partial charge in [0.1, 0.15) is 6.33 Å². The number of anilines is 1. The molecule has 102 valence electrons. The molecule has 3 rings (SSSR count). The number of hydrogen-bond acceptors (Lipinski definition) is 5. The van der Waals surface area contributed by atoms with Crippen LogP contribution < -0.4 is 5.32 Å². The van der Waals surface area contributed by atoms with Gasteiger partial charge in [-0.15, -0.1) is 16.4 Å². The molecule has 0 bridgehead atoms. The first kappa shape index (κ1) is 13.1. The molecule has 0 saturated carbocycles. The summed E-state index contributed by atoms with van der Waals surface area (Å²) in [6.07, 6.45) is 1.59. The van der Waals surface area contributed by atoms with Crippen LogP contribution in [0.3, 0.4) is 0 Å². The van der Waals surface area contributed by atoms with Crippen molar-refractivity contribution < 1.29 is 0 Å². The molecule has 0 aliphatic carbocycles. The fraction of sp³-hybridized carbons (Fsp3) is 0.154. The van der Waals surface area contributed by atoms with Crippen molar-refractivity contribution >= 4 is 28.6 Å². The van der Waals surface area contributed by atoms with Crippen molar-refractivity contribution in [3.63, 3.8) is 0 Å².